The Morgan fingerprint density at radius 2 is 1.94 bits per heavy atom. The molecule has 32 heavy (non-hydrogen) atoms. The van der Waals surface area contributed by atoms with Crippen LogP contribution >= 0.6 is 0 Å². The SMILES string of the molecule is C#CCn1cc(/C=C2/NC(=O)N(CC(=O)Nc3ccccc3OC)C2=O)c2ccccc21. The molecule has 4 rings (SSSR count). The number of hydrogen-bond acceptors (Lipinski definition) is 4. The summed E-state index contributed by atoms with van der Waals surface area (Å²) in [6, 6.07) is 13.8. The van der Waals surface area contributed by atoms with Crippen LogP contribution < -0.4 is 15.4 Å². The average molecular weight is 428 g/mol. The molecular weight excluding hydrogens is 408 g/mol. The Bertz CT molecular complexity index is 1300. The van der Waals surface area contributed by atoms with Crippen LogP contribution in [0.4, 0.5) is 10.5 Å². The van der Waals surface area contributed by atoms with Gasteiger partial charge < -0.3 is 19.9 Å². The lowest BCUT2D eigenvalue weighted by atomic mass is 10.1. The van der Waals surface area contributed by atoms with Gasteiger partial charge in [0.25, 0.3) is 5.91 Å². The van der Waals surface area contributed by atoms with Gasteiger partial charge in [-0.15, -0.1) is 6.42 Å². The van der Waals surface area contributed by atoms with E-state index in [0.717, 1.165) is 21.4 Å². The molecule has 1 aliphatic heterocycles. The largest absolute Gasteiger partial charge is 0.495 e. The van der Waals surface area contributed by atoms with Gasteiger partial charge in [-0.05, 0) is 24.3 Å². The van der Waals surface area contributed by atoms with E-state index in [-0.39, 0.29) is 5.70 Å². The predicted molar refractivity (Wildman–Crippen MR) is 121 cm³/mol. The molecule has 160 valence electrons. The van der Waals surface area contributed by atoms with Crippen molar-refractivity contribution in [1.29, 1.82) is 0 Å². The molecule has 0 saturated carbocycles. The monoisotopic (exact) mass is 428 g/mol. The number of terminal acetylenes is 1. The minimum atomic E-state index is -0.663. The van der Waals surface area contributed by atoms with Gasteiger partial charge >= 0.3 is 6.03 Å². The van der Waals surface area contributed by atoms with Gasteiger partial charge in [0.2, 0.25) is 5.91 Å². The van der Waals surface area contributed by atoms with E-state index >= 15 is 0 Å². The van der Waals surface area contributed by atoms with E-state index in [1.54, 1.807) is 30.3 Å². The van der Waals surface area contributed by atoms with Crippen molar-refractivity contribution in [3.8, 4) is 18.1 Å². The maximum atomic E-state index is 12.8. The second-order valence-electron chi connectivity index (χ2n) is 7.06. The molecule has 0 atom stereocenters. The number of anilines is 1. The van der Waals surface area contributed by atoms with Crippen LogP contribution in [0.1, 0.15) is 5.56 Å². The first-order chi connectivity index (χ1) is 15.5. The molecule has 0 bridgehead atoms. The number of ether oxygens (including phenoxy) is 1. The van der Waals surface area contributed by atoms with Crippen molar-refractivity contribution >= 4 is 40.5 Å². The minimum Gasteiger partial charge on any atom is -0.495 e. The fraction of sp³-hybridized carbons (Fsp3) is 0.125. The molecule has 2 heterocycles. The van der Waals surface area contributed by atoms with Crippen LogP contribution in [-0.4, -0.2) is 41.0 Å². The van der Waals surface area contributed by atoms with Crippen LogP contribution in [0.2, 0.25) is 0 Å². The summed E-state index contributed by atoms with van der Waals surface area (Å²) >= 11 is 0. The van der Waals surface area contributed by atoms with Gasteiger partial charge in [-0.3, -0.25) is 9.59 Å². The zero-order valence-corrected chi connectivity index (χ0v) is 17.3. The summed E-state index contributed by atoms with van der Waals surface area (Å²) in [5, 5.41) is 6.09. The van der Waals surface area contributed by atoms with Crippen molar-refractivity contribution in [1.82, 2.24) is 14.8 Å². The third-order valence-corrected chi connectivity index (χ3v) is 5.03. The second-order valence-corrected chi connectivity index (χ2v) is 7.06. The quantitative estimate of drug-likeness (QED) is 0.359. The Morgan fingerprint density at radius 3 is 2.72 bits per heavy atom. The third-order valence-electron chi connectivity index (χ3n) is 5.03. The fourth-order valence-corrected chi connectivity index (χ4v) is 3.57. The highest BCUT2D eigenvalue weighted by Gasteiger charge is 2.35. The highest BCUT2D eigenvalue weighted by molar-refractivity contribution is 6.16. The normalized spacial score (nSPS) is 14.5. The summed E-state index contributed by atoms with van der Waals surface area (Å²) in [5.74, 6) is 1.97. The maximum absolute atomic E-state index is 12.8. The van der Waals surface area contributed by atoms with Crippen LogP contribution in [0.25, 0.3) is 17.0 Å². The number of nitrogens with one attached hydrogen (secondary N) is 2. The summed E-state index contributed by atoms with van der Waals surface area (Å²) in [4.78, 5) is 38.5. The van der Waals surface area contributed by atoms with E-state index in [4.69, 9.17) is 11.2 Å². The molecule has 0 spiro atoms. The number of carbonyl (C=O) groups is 3. The van der Waals surface area contributed by atoms with Crippen LogP contribution in [0.5, 0.6) is 5.75 Å². The lowest BCUT2D eigenvalue weighted by Crippen LogP contribution is -2.38. The third kappa shape index (κ3) is 3.91. The number of benzene rings is 2. The summed E-state index contributed by atoms with van der Waals surface area (Å²) < 4.78 is 7.09. The first kappa shape index (κ1) is 20.8. The van der Waals surface area contributed by atoms with Gasteiger partial charge in [0.1, 0.15) is 18.0 Å². The highest BCUT2D eigenvalue weighted by atomic mass is 16.5. The van der Waals surface area contributed by atoms with E-state index in [9.17, 15) is 14.4 Å². The molecule has 0 unspecified atom stereocenters. The lowest BCUT2D eigenvalue weighted by molar-refractivity contribution is -0.127. The smallest absolute Gasteiger partial charge is 0.329 e. The number of urea groups is 1. The van der Waals surface area contributed by atoms with Gasteiger partial charge in [-0.1, -0.05) is 36.3 Å². The van der Waals surface area contributed by atoms with E-state index in [0.29, 0.717) is 18.0 Å². The zero-order chi connectivity index (χ0) is 22.7. The molecule has 1 aromatic heterocycles. The number of imide groups is 1. The molecule has 2 aromatic carbocycles. The fourth-order valence-electron chi connectivity index (χ4n) is 3.57. The first-order valence-corrected chi connectivity index (χ1v) is 9.80. The number of aromatic nitrogens is 1. The van der Waals surface area contributed by atoms with Crippen LogP contribution in [-0.2, 0) is 16.1 Å². The van der Waals surface area contributed by atoms with Crippen molar-refractivity contribution in [2.24, 2.45) is 0 Å². The number of nitrogens with zero attached hydrogens (tertiary/aromatic N) is 2. The average Bonchev–Trinajstić information content (AvgIpc) is 3.27. The summed E-state index contributed by atoms with van der Waals surface area (Å²) in [7, 11) is 1.49. The molecule has 8 nitrogen and oxygen atoms in total. The molecule has 4 amide bonds. The van der Waals surface area contributed by atoms with Crippen LogP contribution in [0, 0.1) is 12.3 Å². The van der Waals surface area contributed by atoms with Crippen molar-refractivity contribution in [2.45, 2.75) is 6.54 Å². The number of para-hydroxylation sites is 3. The Morgan fingerprint density at radius 1 is 1.19 bits per heavy atom. The molecule has 0 radical (unpaired) electrons. The second kappa shape index (κ2) is 8.70. The summed E-state index contributed by atoms with van der Waals surface area (Å²) in [6.45, 7) is -0.0574. The van der Waals surface area contributed by atoms with E-state index in [1.165, 1.54) is 7.11 Å². The first-order valence-electron chi connectivity index (χ1n) is 9.80. The predicted octanol–water partition coefficient (Wildman–Crippen LogP) is 2.81. The molecule has 1 aliphatic rings. The zero-order valence-electron chi connectivity index (χ0n) is 17.3. The van der Waals surface area contributed by atoms with Gasteiger partial charge in [0.15, 0.2) is 0 Å². The molecule has 3 aromatic rings. The number of amides is 4. The van der Waals surface area contributed by atoms with Gasteiger partial charge in [0, 0.05) is 22.7 Å². The number of carbonyl (C=O) groups excluding carboxylic acids is 3. The van der Waals surface area contributed by atoms with E-state index in [1.807, 2.05) is 35.0 Å². The Balaban J connectivity index is 1.54. The van der Waals surface area contributed by atoms with Crippen molar-refractivity contribution < 1.29 is 19.1 Å². The van der Waals surface area contributed by atoms with E-state index in [2.05, 4.69) is 16.6 Å². The van der Waals surface area contributed by atoms with Crippen LogP contribution in [0.15, 0.2) is 60.4 Å². The highest BCUT2D eigenvalue weighted by Crippen LogP contribution is 2.25. The van der Waals surface area contributed by atoms with Crippen LogP contribution in [0.3, 0.4) is 0 Å². The summed E-state index contributed by atoms with van der Waals surface area (Å²) in [5.41, 5.74) is 2.19. The van der Waals surface area contributed by atoms with Crippen molar-refractivity contribution in [3.63, 3.8) is 0 Å². The van der Waals surface area contributed by atoms with Gasteiger partial charge in [-0.25, -0.2) is 9.69 Å². The van der Waals surface area contributed by atoms with Crippen molar-refractivity contribution in [3.05, 3.63) is 66.0 Å². The molecule has 1 fully saturated rings. The van der Waals surface area contributed by atoms with E-state index < -0.39 is 24.4 Å². The Kier molecular flexibility index (Phi) is 5.64. The molecule has 8 heteroatoms. The molecule has 0 aliphatic carbocycles. The molecule has 1 saturated heterocycles. The number of fused-ring (bicyclic) bond motifs is 1. The van der Waals surface area contributed by atoms with Gasteiger partial charge in [-0.2, -0.15) is 0 Å². The maximum Gasteiger partial charge on any atom is 0.329 e. The Hall–Kier alpha value is -4.51. The topological polar surface area (TPSA) is 92.7 Å². The number of methoxy groups -OCH3 is 1. The minimum absolute atomic E-state index is 0.0868. The standard InChI is InChI=1S/C24H20N4O4/c1-3-12-27-14-16(17-8-4-6-10-20(17)27)13-19-23(30)28(24(31)26-19)15-22(29)25-18-9-5-7-11-21(18)32-2/h1,4-11,13-14H,12,15H2,2H3,(H,25,29)(H,26,31)/b19-13+. The number of hydrogen-bond donors (Lipinski definition) is 2. The lowest BCUT2D eigenvalue weighted by Gasteiger charge is -2.13. The molecular formula is C24H20N4O4. The molecule has 2 N–H and O–H groups in total. The van der Waals surface area contributed by atoms with Gasteiger partial charge in [0.05, 0.1) is 19.3 Å². The number of rotatable bonds is 6. The summed E-state index contributed by atoms with van der Waals surface area (Å²) in [6.07, 6.45) is 8.87. The van der Waals surface area contributed by atoms with Crippen molar-refractivity contribution in [2.75, 3.05) is 19.0 Å². The Labute approximate surface area is 184 Å².